The van der Waals surface area contributed by atoms with E-state index in [2.05, 4.69) is 10.3 Å². The number of aromatic nitrogens is 1. The molecule has 0 aliphatic rings. The maximum atomic E-state index is 12.4. The molecule has 1 rings (SSSR count). The van der Waals surface area contributed by atoms with Crippen molar-refractivity contribution >= 4 is 11.6 Å². The number of nitrogens with one attached hydrogen (secondary N) is 1. The number of nitrogens with zero attached hydrogens (tertiary/aromatic N) is 1. The number of pyridine rings is 1. The van der Waals surface area contributed by atoms with Crippen LogP contribution in [-0.2, 0) is 11.0 Å². The molecule has 2 unspecified atom stereocenters. The van der Waals surface area contributed by atoms with Gasteiger partial charge in [0.25, 0.3) is 0 Å². The van der Waals surface area contributed by atoms with E-state index in [1.807, 2.05) is 6.92 Å². The summed E-state index contributed by atoms with van der Waals surface area (Å²) in [5.41, 5.74) is 4.90. The number of carbonyl (C=O) groups excluding carboxylic acids is 1. The second kappa shape index (κ2) is 7.40. The van der Waals surface area contributed by atoms with E-state index in [1.165, 1.54) is 6.07 Å². The molecule has 0 spiro atoms. The van der Waals surface area contributed by atoms with Gasteiger partial charge in [0.15, 0.2) is 0 Å². The highest BCUT2D eigenvalue weighted by Gasteiger charge is 2.32. The largest absolute Gasteiger partial charge is 0.433 e. The molecule has 1 aromatic rings. The molecular weight excluding hydrogens is 283 g/mol. The summed E-state index contributed by atoms with van der Waals surface area (Å²) in [6.45, 7) is 3.67. The van der Waals surface area contributed by atoms with E-state index in [0.717, 1.165) is 25.1 Å². The van der Waals surface area contributed by atoms with Crippen LogP contribution in [0, 0.1) is 5.92 Å². The summed E-state index contributed by atoms with van der Waals surface area (Å²) in [4.78, 5) is 15.2. The standard InChI is InChI=1S/C14H20F3N3O/c1-9(4-3-5-10(2)18)13(21)20-11-6-7-12(19-8-11)14(15,16)17/h6-10H,3-5,18H2,1-2H3,(H,20,21). The highest BCUT2D eigenvalue weighted by molar-refractivity contribution is 5.92. The zero-order valence-corrected chi connectivity index (χ0v) is 12.1. The zero-order valence-electron chi connectivity index (χ0n) is 12.1. The third kappa shape index (κ3) is 6.12. The van der Waals surface area contributed by atoms with Crippen LogP contribution < -0.4 is 11.1 Å². The van der Waals surface area contributed by atoms with Gasteiger partial charge in [0.1, 0.15) is 5.69 Å². The molecule has 1 aromatic heterocycles. The fourth-order valence-electron chi connectivity index (χ4n) is 1.78. The van der Waals surface area contributed by atoms with Crippen LogP contribution in [0.1, 0.15) is 38.8 Å². The predicted molar refractivity (Wildman–Crippen MR) is 74.5 cm³/mol. The summed E-state index contributed by atoms with van der Waals surface area (Å²) in [5.74, 6) is -0.465. The number of rotatable bonds is 6. The Morgan fingerprint density at radius 3 is 2.48 bits per heavy atom. The molecule has 0 fully saturated rings. The molecule has 2 atom stereocenters. The Hall–Kier alpha value is -1.63. The van der Waals surface area contributed by atoms with E-state index in [9.17, 15) is 18.0 Å². The number of amides is 1. The minimum Gasteiger partial charge on any atom is -0.328 e. The van der Waals surface area contributed by atoms with Gasteiger partial charge in [0.05, 0.1) is 11.9 Å². The van der Waals surface area contributed by atoms with E-state index in [4.69, 9.17) is 5.73 Å². The smallest absolute Gasteiger partial charge is 0.328 e. The molecule has 0 aliphatic heterocycles. The van der Waals surface area contributed by atoms with Crippen LogP contribution in [0.5, 0.6) is 0 Å². The molecule has 0 aliphatic carbocycles. The minimum absolute atomic E-state index is 0.0966. The number of hydrogen-bond acceptors (Lipinski definition) is 3. The summed E-state index contributed by atoms with van der Waals surface area (Å²) >= 11 is 0. The maximum absolute atomic E-state index is 12.4. The number of anilines is 1. The van der Waals surface area contributed by atoms with Gasteiger partial charge in [-0.3, -0.25) is 4.79 Å². The van der Waals surface area contributed by atoms with Crippen molar-refractivity contribution < 1.29 is 18.0 Å². The lowest BCUT2D eigenvalue weighted by molar-refractivity contribution is -0.141. The first-order chi connectivity index (χ1) is 9.70. The number of carbonyl (C=O) groups is 1. The van der Waals surface area contributed by atoms with Crippen LogP contribution in [0.3, 0.4) is 0 Å². The van der Waals surface area contributed by atoms with Crippen molar-refractivity contribution in [2.75, 3.05) is 5.32 Å². The minimum atomic E-state index is -4.48. The zero-order chi connectivity index (χ0) is 16.0. The molecule has 118 valence electrons. The van der Waals surface area contributed by atoms with E-state index < -0.39 is 11.9 Å². The highest BCUT2D eigenvalue weighted by atomic mass is 19.4. The Kier molecular flexibility index (Phi) is 6.14. The topological polar surface area (TPSA) is 68.0 Å². The summed E-state index contributed by atoms with van der Waals surface area (Å²) in [7, 11) is 0. The molecule has 0 saturated carbocycles. The molecule has 0 aromatic carbocycles. The molecule has 21 heavy (non-hydrogen) atoms. The first-order valence-electron chi connectivity index (χ1n) is 6.80. The lowest BCUT2D eigenvalue weighted by atomic mass is 10.0. The van der Waals surface area contributed by atoms with Crippen LogP contribution in [0.15, 0.2) is 18.3 Å². The van der Waals surface area contributed by atoms with Crippen LogP contribution in [0.4, 0.5) is 18.9 Å². The van der Waals surface area contributed by atoms with Crippen LogP contribution in [-0.4, -0.2) is 16.9 Å². The molecule has 1 amide bonds. The molecule has 4 nitrogen and oxygen atoms in total. The summed E-state index contributed by atoms with van der Waals surface area (Å²) < 4.78 is 37.1. The van der Waals surface area contributed by atoms with Gasteiger partial charge in [0.2, 0.25) is 5.91 Å². The van der Waals surface area contributed by atoms with E-state index in [-0.39, 0.29) is 23.6 Å². The van der Waals surface area contributed by atoms with Gasteiger partial charge in [-0.2, -0.15) is 13.2 Å². The summed E-state index contributed by atoms with van der Waals surface area (Å²) in [6, 6.07) is 2.14. The summed E-state index contributed by atoms with van der Waals surface area (Å²) in [6.07, 6.45) is -1.12. The fraction of sp³-hybridized carbons (Fsp3) is 0.571. The van der Waals surface area contributed by atoms with Crippen molar-refractivity contribution in [1.82, 2.24) is 4.98 Å². The Balaban J connectivity index is 2.51. The second-order valence-electron chi connectivity index (χ2n) is 5.23. The van der Waals surface area contributed by atoms with Crippen molar-refractivity contribution in [2.24, 2.45) is 11.7 Å². The molecule has 0 saturated heterocycles. The van der Waals surface area contributed by atoms with Crippen molar-refractivity contribution in [3.8, 4) is 0 Å². The van der Waals surface area contributed by atoms with Gasteiger partial charge in [-0.25, -0.2) is 4.98 Å². The Labute approximate surface area is 121 Å². The monoisotopic (exact) mass is 303 g/mol. The third-order valence-corrected chi connectivity index (χ3v) is 3.07. The van der Waals surface area contributed by atoms with Crippen molar-refractivity contribution in [1.29, 1.82) is 0 Å². The molecule has 1 heterocycles. The number of nitrogens with two attached hydrogens (primary N) is 1. The maximum Gasteiger partial charge on any atom is 0.433 e. The highest BCUT2D eigenvalue weighted by Crippen LogP contribution is 2.27. The second-order valence-corrected chi connectivity index (χ2v) is 5.23. The van der Waals surface area contributed by atoms with Crippen LogP contribution in [0.2, 0.25) is 0 Å². The van der Waals surface area contributed by atoms with E-state index in [1.54, 1.807) is 6.92 Å². The third-order valence-electron chi connectivity index (χ3n) is 3.07. The Bertz CT molecular complexity index is 458. The average Bonchev–Trinajstić information content (AvgIpc) is 2.37. The van der Waals surface area contributed by atoms with Gasteiger partial charge in [-0.05, 0) is 31.9 Å². The normalized spacial score (nSPS) is 14.6. The number of hydrogen-bond donors (Lipinski definition) is 2. The Morgan fingerprint density at radius 2 is 2.00 bits per heavy atom. The SMILES string of the molecule is CC(N)CCCC(C)C(=O)Nc1ccc(C(F)(F)F)nc1. The van der Waals surface area contributed by atoms with Crippen molar-refractivity contribution in [3.05, 3.63) is 24.0 Å². The van der Waals surface area contributed by atoms with Crippen LogP contribution in [0.25, 0.3) is 0 Å². The predicted octanol–water partition coefficient (Wildman–Crippen LogP) is 3.19. The average molecular weight is 303 g/mol. The van der Waals surface area contributed by atoms with Gasteiger partial charge < -0.3 is 11.1 Å². The molecule has 0 radical (unpaired) electrons. The van der Waals surface area contributed by atoms with Crippen LogP contribution >= 0.6 is 0 Å². The first kappa shape index (κ1) is 17.4. The summed E-state index contributed by atoms with van der Waals surface area (Å²) in [5, 5.41) is 2.56. The number of halogens is 3. The molecule has 3 N–H and O–H groups in total. The number of alkyl halides is 3. The Morgan fingerprint density at radius 1 is 1.33 bits per heavy atom. The van der Waals surface area contributed by atoms with Gasteiger partial charge >= 0.3 is 6.18 Å². The van der Waals surface area contributed by atoms with Gasteiger partial charge in [-0.1, -0.05) is 13.3 Å². The molecule has 7 heteroatoms. The quantitative estimate of drug-likeness (QED) is 0.848. The molecular formula is C14H20F3N3O. The van der Waals surface area contributed by atoms with E-state index in [0.29, 0.717) is 6.42 Å². The first-order valence-corrected chi connectivity index (χ1v) is 6.80. The van der Waals surface area contributed by atoms with Crippen molar-refractivity contribution in [2.45, 2.75) is 45.3 Å². The lowest BCUT2D eigenvalue weighted by Crippen LogP contribution is -2.21. The van der Waals surface area contributed by atoms with Crippen molar-refractivity contribution in [3.63, 3.8) is 0 Å². The molecule has 0 bridgehead atoms. The van der Waals surface area contributed by atoms with Gasteiger partial charge in [-0.15, -0.1) is 0 Å². The van der Waals surface area contributed by atoms with Gasteiger partial charge in [0, 0.05) is 12.0 Å². The van der Waals surface area contributed by atoms with E-state index >= 15 is 0 Å². The lowest BCUT2D eigenvalue weighted by Gasteiger charge is -2.13. The fourth-order valence-corrected chi connectivity index (χ4v) is 1.78.